The zero-order chi connectivity index (χ0) is 12.3. The van der Waals surface area contributed by atoms with E-state index >= 15 is 0 Å². The van der Waals surface area contributed by atoms with E-state index in [0.29, 0.717) is 11.4 Å². The van der Waals surface area contributed by atoms with E-state index in [0.717, 1.165) is 14.9 Å². The highest BCUT2D eigenvalue weighted by Crippen LogP contribution is 2.26. The number of aromatic nitrogens is 1. The van der Waals surface area contributed by atoms with Gasteiger partial charge in [-0.15, -0.1) is 0 Å². The maximum atomic E-state index is 8.67. The summed E-state index contributed by atoms with van der Waals surface area (Å²) in [5.41, 5.74) is 1.66. The molecule has 0 radical (unpaired) electrons. The molecule has 0 aliphatic heterocycles. The van der Waals surface area contributed by atoms with Gasteiger partial charge in [0.05, 0.1) is 9.13 Å². The van der Waals surface area contributed by atoms with Crippen molar-refractivity contribution in [3.05, 3.63) is 51.2 Å². The van der Waals surface area contributed by atoms with E-state index in [-0.39, 0.29) is 0 Å². The molecular formula is C13H9IN2O. The van der Waals surface area contributed by atoms with Crippen molar-refractivity contribution in [2.75, 3.05) is 0 Å². The van der Waals surface area contributed by atoms with Gasteiger partial charge in [0.25, 0.3) is 0 Å². The van der Waals surface area contributed by atoms with Crippen LogP contribution in [-0.4, -0.2) is 4.98 Å². The summed E-state index contributed by atoms with van der Waals surface area (Å²) in [6.45, 7) is 2.01. The van der Waals surface area contributed by atoms with Gasteiger partial charge in [0.2, 0.25) is 5.88 Å². The number of hydrogen-bond donors (Lipinski definition) is 0. The highest BCUT2D eigenvalue weighted by Gasteiger charge is 2.04. The summed E-state index contributed by atoms with van der Waals surface area (Å²) in [5.74, 6) is 1.27. The molecule has 0 saturated carbocycles. The Kier molecular flexibility index (Phi) is 3.59. The topological polar surface area (TPSA) is 45.9 Å². The maximum Gasteiger partial charge on any atom is 0.219 e. The molecule has 0 amide bonds. The minimum Gasteiger partial charge on any atom is -0.438 e. The van der Waals surface area contributed by atoms with Crippen LogP contribution in [-0.2, 0) is 0 Å². The molecule has 1 aromatic carbocycles. The van der Waals surface area contributed by atoms with Gasteiger partial charge in [-0.05, 0) is 53.3 Å². The van der Waals surface area contributed by atoms with E-state index in [9.17, 15) is 0 Å². The van der Waals surface area contributed by atoms with Crippen molar-refractivity contribution in [3.63, 3.8) is 0 Å². The molecule has 4 heteroatoms. The van der Waals surface area contributed by atoms with Crippen LogP contribution in [0.1, 0.15) is 11.1 Å². The minimum atomic E-state index is 0.493. The number of ether oxygens (including phenoxy) is 1. The van der Waals surface area contributed by atoms with Gasteiger partial charge in [0, 0.05) is 12.3 Å². The van der Waals surface area contributed by atoms with Crippen molar-refractivity contribution in [3.8, 4) is 17.7 Å². The number of hydrogen-bond acceptors (Lipinski definition) is 3. The first-order valence-electron chi connectivity index (χ1n) is 4.99. The Morgan fingerprint density at radius 1 is 1.29 bits per heavy atom. The fourth-order valence-corrected chi connectivity index (χ4v) is 1.75. The van der Waals surface area contributed by atoms with Crippen LogP contribution in [0.2, 0.25) is 0 Å². The molecule has 2 aromatic rings. The Labute approximate surface area is 113 Å². The zero-order valence-corrected chi connectivity index (χ0v) is 11.3. The normalized spacial score (nSPS) is 9.71. The van der Waals surface area contributed by atoms with Crippen molar-refractivity contribution < 1.29 is 4.74 Å². The van der Waals surface area contributed by atoms with Gasteiger partial charge in [0.1, 0.15) is 11.8 Å². The van der Waals surface area contributed by atoms with Gasteiger partial charge in [-0.1, -0.05) is 6.07 Å². The highest BCUT2D eigenvalue weighted by molar-refractivity contribution is 14.1. The molecule has 0 spiro atoms. The molecule has 0 saturated heterocycles. The monoisotopic (exact) mass is 336 g/mol. The fraction of sp³-hybridized carbons (Fsp3) is 0.0769. The molecule has 0 aliphatic rings. The lowest BCUT2D eigenvalue weighted by molar-refractivity contribution is 0.459. The molecule has 0 bridgehead atoms. The van der Waals surface area contributed by atoms with Crippen molar-refractivity contribution in [1.29, 1.82) is 5.26 Å². The molecule has 0 atom stereocenters. The van der Waals surface area contributed by atoms with E-state index in [1.54, 1.807) is 12.1 Å². The number of aryl methyl sites for hydroxylation is 1. The summed E-state index contributed by atoms with van der Waals surface area (Å²) >= 11 is 2.21. The summed E-state index contributed by atoms with van der Waals surface area (Å²) < 4.78 is 6.69. The van der Waals surface area contributed by atoms with Crippen LogP contribution < -0.4 is 4.74 Å². The van der Waals surface area contributed by atoms with E-state index < -0.39 is 0 Å². The second kappa shape index (κ2) is 5.15. The van der Waals surface area contributed by atoms with Gasteiger partial charge in [-0.2, -0.15) is 5.26 Å². The Morgan fingerprint density at radius 3 is 2.76 bits per heavy atom. The number of nitriles is 1. The summed E-state index contributed by atoms with van der Waals surface area (Å²) in [7, 11) is 0. The lowest BCUT2D eigenvalue weighted by Crippen LogP contribution is -1.91. The number of benzene rings is 1. The predicted octanol–water partition coefficient (Wildman–Crippen LogP) is 3.66. The molecule has 2 rings (SSSR count). The van der Waals surface area contributed by atoms with Gasteiger partial charge in [-0.25, -0.2) is 4.98 Å². The second-order valence-electron chi connectivity index (χ2n) is 3.53. The quantitative estimate of drug-likeness (QED) is 0.787. The van der Waals surface area contributed by atoms with Crippen LogP contribution in [0, 0.1) is 21.8 Å². The lowest BCUT2D eigenvalue weighted by Gasteiger charge is -2.07. The maximum absolute atomic E-state index is 8.67. The van der Waals surface area contributed by atoms with E-state index in [4.69, 9.17) is 10.00 Å². The van der Waals surface area contributed by atoms with E-state index in [2.05, 4.69) is 27.6 Å². The van der Waals surface area contributed by atoms with Crippen LogP contribution in [0.4, 0.5) is 0 Å². The van der Waals surface area contributed by atoms with Crippen LogP contribution >= 0.6 is 22.6 Å². The fourth-order valence-electron chi connectivity index (χ4n) is 1.31. The molecule has 0 N–H and O–H groups in total. The van der Waals surface area contributed by atoms with Crippen LogP contribution in [0.25, 0.3) is 0 Å². The predicted molar refractivity (Wildman–Crippen MR) is 72.9 cm³/mol. The number of halogens is 1. The molecule has 3 nitrogen and oxygen atoms in total. The smallest absolute Gasteiger partial charge is 0.219 e. The summed E-state index contributed by atoms with van der Waals surface area (Å²) in [6.07, 6.45) is 1.50. The average molecular weight is 336 g/mol. The van der Waals surface area contributed by atoms with Gasteiger partial charge >= 0.3 is 0 Å². The Hall–Kier alpha value is -1.61. The average Bonchev–Trinajstić information content (AvgIpc) is 2.35. The summed E-state index contributed by atoms with van der Waals surface area (Å²) in [5, 5.41) is 8.67. The second-order valence-corrected chi connectivity index (χ2v) is 4.70. The Balaban J connectivity index is 2.25. The van der Waals surface area contributed by atoms with Gasteiger partial charge in [-0.3, -0.25) is 0 Å². The highest BCUT2D eigenvalue weighted by atomic mass is 127. The number of pyridine rings is 1. The summed E-state index contributed by atoms with van der Waals surface area (Å²) in [6, 6.07) is 11.4. The molecular weight excluding hydrogens is 327 g/mol. The number of rotatable bonds is 2. The SMILES string of the molecule is Cc1ccc(I)c(Oc2ccc(C#N)cn2)c1. The molecule has 1 aromatic heterocycles. The van der Waals surface area contributed by atoms with Gasteiger partial charge in [0.15, 0.2) is 0 Å². The van der Waals surface area contributed by atoms with Crippen LogP contribution in [0.15, 0.2) is 36.5 Å². The number of nitrogens with zero attached hydrogens (tertiary/aromatic N) is 2. The first-order chi connectivity index (χ1) is 8.19. The van der Waals surface area contributed by atoms with Crippen molar-refractivity contribution in [2.45, 2.75) is 6.92 Å². The van der Waals surface area contributed by atoms with Crippen molar-refractivity contribution >= 4 is 22.6 Å². The van der Waals surface area contributed by atoms with Gasteiger partial charge < -0.3 is 4.74 Å². The lowest BCUT2D eigenvalue weighted by atomic mass is 10.2. The Bertz CT molecular complexity index is 573. The third-order valence-electron chi connectivity index (χ3n) is 2.17. The minimum absolute atomic E-state index is 0.493. The largest absolute Gasteiger partial charge is 0.438 e. The molecule has 0 fully saturated rings. The van der Waals surface area contributed by atoms with Crippen molar-refractivity contribution in [2.24, 2.45) is 0 Å². The Morgan fingerprint density at radius 2 is 2.12 bits per heavy atom. The van der Waals surface area contributed by atoms with Crippen LogP contribution in [0.5, 0.6) is 11.6 Å². The van der Waals surface area contributed by atoms with Crippen LogP contribution in [0.3, 0.4) is 0 Å². The third-order valence-corrected chi connectivity index (χ3v) is 3.06. The first-order valence-corrected chi connectivity index (χ1v) is 6.07. The molecule has 84 valence electrons. The summed E-state index contributed by atoms with van der Waals surface area (Å²) in [4.78, 5) is 4.07. The van der Waals surface area contributed by atoms with Crippen molar-refractivity contribution in [1.82, 2.24) is 4.98 Å². The van der Waals surface area contributed by atoms with E-state index in [1.165, 1.54) is 6.20 Å². The molecule has 1 heterocycles. The molecule has 17 heavy (non-hydrogen) atoms. The zero-order valence-electron chi connectivity index (χ0n) is 9.14. The van der Waals surface area contributed by atoms with E-state index in [1.807, 2.05) is 31.2 Å². The first kappa shape index (κ1) is 11.9. The third kappa shape index (κ3) is 2.94. The molecule has 0 aliphatic carbocycles. The molecule has 0 unspecified atom stereocenters. The standard InChI is InChI=1S/C13H9IN2O/c1-9-2-4-11(14)12(6-9)17-13-5-3-10(7-15)8-16-13/h2-6,8H,1H3.